The van der Waals surface area contributed by atoms with Gasteiger partial charge in [-0.25, -0.2) is 0 Å². The maximum atomic E-state index is 13.4. The molecule has 3 saturated heterocycles. The smallest absolute Gasteiger partial charge is 0.240 e. The molecule has 34 heavy (non-hydrogen) atoms. The largest absolute Gasteiger partial charge is 0.388 e. The van der Waals surface area contributed by atoms with Crippen molar-refractivity contribution in [3.8, 4) is 0 Å². The Hall–Kier alpha value is -0.720. The Morgan fingerprint density at radius 1 is 1.18 bits per heavy atom. The van der Waals surface area contributed by atoms with Gasteiger partial charge in [0.1, 0.15) is 35.9 Å². The molecular weight excluding hydrogens is 460 g/mol. The Morgan fingerprint density at radius 3 is 2.74 bits per heavy atom. The molecule has 3 fully saturated rings. The van der Waals surface area contributed by atoms with Crippen molar-refractivity contribution in [1.82, 2.24) is 10.6 Å². The molecule has 0 spiro atoms. The van der Waals surface area contributed by atoms with E-state index in [-0.39, 0.29) is 23.7 Å². The highest BCUT2D eigenvalue weighted by Crippen LogP contribution is 2.35. The topological polar surface area (TPSA) is 141 Å². The van der Waals surface area contributed by atoms with Crippen molar-refractivity contribution in [2.75, 3.05) is 18.9 Å². The van der Waals surface area contributed by atoms with Gasteiger partial charge in [0.2, 0.25) is 5.91 Å². The summed E-state index contributed by atoms with van der Waals surface area (Å²) in [7, 11) is 0. The lowest BCUT2D eigenvalue weighted by Crippen LogP contribution is -2.64. The Kier molecular flexibility index (Phi) is 8.95. The van der Waals surface area contributed by atoms with Crippen LogP contribution in [-0.4, -0.2) is 99.4 Å². The lowest BCUT2D eigenvalue weighted by Gasteiger charge is -2.44. The molecule has 0 aromatic rings. The summed E-state index contributed by atoms with van der Waals surface area (Å²) in [5, 5.41) is 47.9. The van der Waals surface area contributed by atoms with Crippen molar-refractivity contribution in [1.29, 1.82) is 0 Å². The fourth-order valence-corrected chi connectivity index (χ4v) is 6.86. The van der Waals surface area contributed by atoms with Crippen LogP contribution in [0.5, 0.6) is 0 Å². The predicted octanol–water partition coefficient (Wildman–Crippen LogP) is -0.238. The second kappa shape index (κ2) is 11.6. The molecule has 0 saturated carbocycles. The molecular formula is C24H40N2O7S. The van der Waals surface area contributed by atoms with E-state index in [0.29, 0.717) is 24.9 Å². The molecule has 0 aliphatic carbocycles. The lowest BCUT2D eigenvalue weighted by atomic mass is 9.85. The molecule has 4 aliphatic heterocycles. The fourth-order valence-electron chi connectivity index (χ4n) is 5.79. The highest BCUT2D eigenvalue weighted by molar-refractivity contribution is 7.99. The van der Waals surface area contributed by atoms with Gasteiger partial charge in [-0.1, -0.05) is 26.0 Å². The summed E-state index contributed by atoms with van der Waals surface area (Å²) in [6.07, 6.45) is 1.02. The molecule has 11 atom stereocenters. The molecule has 10 heteroatoms. The first kappa shape index (κ1) is 26.3. The molecule has 1 amide bonds. The van der Waals surface area contributed by atoms with Gasteiger partial charge in [-0.15, -0.1) is 11.8 Å². The van der Waals surface area contributed by atoms with E-state index in [1.165, 1.54) is 11.8 Å². The molecule has 4 aliphatic rings. The molecule has 0 aromatic heterocycles. The number of nitrogens with one attached hydrogen (secondary N) is 2. The van der Waals surface area contributed by atoms with E-state index < -0.39 is 48.0 Å². The summed E-state index contributed by atoms with van der Waals surface area (Å²) in [5.74, 6) is 1.56. The number of hydrogen-bond donors (Lipinski definition) is 6. The van der Waals surface area contributed by atoms with Crippen molar-refractivity contribution >= 4 is 17.7 Å². The Balaban J connectivity index is 1.46. The number of fused-ring (bicyclic) bond motifs is 3. The van der Waals surface area contributed by atoms with Gasteiger partial charge in [-0.2, -0.15) is 0 Å². The third kappa shape index (κ3) is 5.98. The third-order valence-corrected chi connectivity index (χ3v) is 8.72. The average molecular weight is 501 g/mol. The van der Waals surface area contributed by atoms with Gasteiger partial charge in [0.15, 0.2) is 0 Å². The van der Waals surface area contributed by atoms with Gasteiger partial charge in [-0.3, -0.25) is 4.79 Å². The molecule has 194 valence electrons. The van der Waals surface area contributed by atoms with Crippen LogP contribution in [0, 0.1) is 17.8 Å². The zero-order valence-corrected chi connectivity index (χ0v) is 20.8. The van der Waals surface area contributed by atoms with Gasteiger partial charge in [0, 0.05) is 18.9 Å². The molecule has 0 radical (unpaired) electrons. The normalized spacial score (nSPS) is 46.4. The van der Waals surface area contributed by atoms with Gasteiger partial charge < -0.3 is 40.5 Å². The Bertz CT molecular complexity index is 725. The predicted molar refractivity (Wildman–Crippen MR) is 128 cm³/mol. The molecule has 6 N–H and O–H groups in total. The van der Waals surface area contributed by atoms with E-state index in [1.807, 2.05) is 0 Å². The van der Waals surface area contributed by atoms with E-state index in [4.69, 9.17) is 9.47 Å². The molecule has 0 aromatic carbocycles. The van der Waals surface area contributed by atoms with E-state index >= 15 is 0 Å². The summed E-state index contributed by atoms with van der Waals surface area (Å²) in [4.78, 5) is 13.4. The van der Waals surface area contributed by atoms with Gasteiger partial charge >= 0.3 is 0 Å². The first-order chi connectivity index (χ1) is 16.2. The molecule has 4 rings (SSSR count). The first-order valence-electron chi connectivity index (χ1n) is 12.6. The van der Waals surface area contributed by atoms with Crippen LogP contribution in [-0.2, 0) is 14.3 Å². The monoisotopic (exact) mass is 500 g/mol. The third-order valence-electron chi connectivity index (χ3n) is 7.46. The van der Waals surface area contributed by atoms with Crippen molar-refractivity contribution in [3.63, 3.8) is 0 Å². The van der Waals surface area contributed by atoms with Crippen molar-refractivity contribution < 1.29 is 34.7 Å². The van der Waals surface area contributed by atoms with Crippen LogP contribution in [0.3, 0.4) is 0 Å². The van der Waals surface area contributed by atoms with E-state index in [9.17, 15) is 25.2 Å². The van der Waals surface area contributed by atoms with Crippen LogP contribution in [0.4, 0.5) is 0 Å². The SMILES string of the molecule is CC(C)C[C@@H]1CCO[C@@H]2[C@H](CN[C@@H]2C(=O)N[C@@H]2C/C=C/[C@H](O)CSC3O[C@H]2C(O)[C@@H](O)[C@H]3O)C1. The van der Waals surface area contributed by atoms with Gasteiger partial charge in [0.05, 0.1) is 18.2 Å². The lowest BCUT2D eigenvalue weighted by molar-refractivity contribution is -0.205. The van der Waals surface area contributed by atoms with Crippen molar-refractivity contribution in [2.45, 2.75) is 93.7 Å². The number of rotatable bonds is 4. The maximum absolute atomic E-state index is 13.4. The highest BCUT2D eigenvalue weighted by atomic mass is 32.2. The number of carbonyl (C=O) groups is 1. The second-order valence-corrected chi connectivity index (χ2v) is 11.8. The minimum atomic E-state index is -1.41. The standard InChI is InChI=1S/C24H40N2O7S/c1-12(2)8-13-6-7-32-21-14(9-13)10-25-17(21)23(31)26-16-5-3-4-15(27)11-34-24-20(30)18(28)19(29)22(16)33-24/h3-4,12-22,24-25,27-30H,5-11H2,1-2H3,(H,26,31)/b4-3+/t13-,14-,15-,16+,17-,18+,19?,20+,21+,22+,24?/m0/s1. The first-order valence-corrected chi connectivity index (χ1v) is 13.6. The number of amides is 1. The van der Waals surface area contributed by atoms with Crippen LogP contribution >= 0.6 is 11.8 Å². The Morgan fingerprint density at radius 2 is 1.97 bits per heavy atom. The zero-order valence-electron chi connectivity index (χ0n) is 20.0. The maximum Gasteiger partial charge on any atom is 0.240 e. The summed E-state index contributed by atoms with van der Waals surface area (Å²) in [5.41, 5.74) is -0.819. The molecule has 2 bridgehead atoms. The van der Waals surface area contributed by atoms with Crippen LogP contribution in [0.25, 0.3) is 0 Å². The molecule has 9 nitrogen and oxygen atoms in total. The summed E-state index contributed by atoms with van der Waals surface area (Å²) in [6, 6.07) is -1.15. The minimum Gasteiger partial charge on any atom is -0.388 e. The second-order valence-electron chi connectivity index (χ2n) is 10.6. The van der Waals surface area contributed by atoms with Crippen LogP contribution in [0.1, 0.15) is 39.5 Å². The average Bonchev–Trinajstić information content (AvgIpc) is 3.07. The number of aliphatic hydroxyl groups excluding tert-OH is 4. The van der Waals surface area contributed by atoms with Crippen LogP contribution in [0.15, 0.2) is 12.2 Å². The number of thioether (sulfide) groups is 1. The summed E-state index contributed by atoms with van der Waals surface area (Å²) in [6.45, 7) is 5.83. The van der Waals surface area contributed by atoms with E-state index in [0.717, 1.165) is 25.8 Å². The number of aliphatic hydroxyl groups is 4. The number of carbonyl (C=O) groups excluding carboxylic acids is 1. The zero-order chi connectivity index (χ0) is 24.4. The molecule has 4 heterocycles. The van der Waals surface area contributed by atoms with Crippen molar-refractivity contribution in [3.05, 3.63) is 12.2 Å². The van der Waals surface area contributed by atoms with Crippen molar-refractivity contribution in [2.24, 2.45) is 17.8 Å². The quantitative estimate of drug-likeness (QED) is 0.289. The fraction of sp³-hybridized carbons (Fsp3) is 0.875. The van der Waals surface area contributed by atoms with Gasteiger partial charge in [-0.05, 0) is 43.4 Å². The van der Waals surface area contributed by atoms with E-state index in [1.54, 1.807) is 12.2 Å². The minimum absolute atomic E-state index is 0.207. The highest BCUT2D eigenvalue weighted by Gasteiger charge is 2.49. The summed E-state index contributed by atoms with van der Waals surface area (Å²) >= 11 is 1.17. The number of hydrogen-bond acceptors (Lipinski definition) is 9. The van der Waals surface area contributed by atoms with E-state index in [2.05, 4.69) is 24.5 Å². The van der Waals surface area contributed by atoms with Gasteiger partial charge in [0.25, 0.3) is 0 Å². The van der Waals surface area contributed by atoms with Crippen LogP contribution < -0.4 is 10.6 Å². The summed E-state index contributed by atoms with van der Waals surface area (Å²) < 4.78 is 12.1. The van der Waals surface area contributed by atoms with Crippen LogP contribution in [0.2, 0.25) is 0 Å². The Labute approximate surface area is 205 Å². The molecule has 2 unspecified atom stereocenters. The number of ether oxygens (including phenoxy) is 2.